The highest BCUT2D eigenvalue weighted by molar-refractivity contribution is 5.38. The van der Waals surface area contributed by atoms with Crippen molar-refractivity contribution in [2.24, 2.45) is 17.8 Å². The molecule has 190 valence electrons. The van der Waals surface area contributed by atoms with Crippen LogP contribution in [0.25, 0.3) is 0 Å². The highest BCUT2D eigenvalue weighted by atomic mass is 17.4. The average molecular weight is 474 g/mol. The van der Waals surface area contributed by atoms with Gasteiger partial charge in [0, 0.05) is 37.3 Å². The second-order valence-electron chi connectivity index (χ2n) is 11.8. The number of rotatable bonds is 4. The average Bonchev–Trinajstić information content (AvgIpc) is 2.84. The van der Waals surface area contributed by atoms with Gasteiger partial charge in [0.05, 0.1) is 0 Å². The molecule has 4 fully saturated rings. The summed E-state index contributed by atoms with van der Waals surface area (Å²) in [6.07, 6.45) is 10.3. The van der Waals surface area contributed by atoms with Crippen LogP contribution in [0.15, 0.2) is 18.2 Å². The van der Waals surface area contributed by atoms with Gasteiger partial charge < -0.3 is 5.11 Å². The Morgan fingerprint density at radius 3 is 2.35 bits per heavy atom. The van der Waals surface area contributed by atoms with Crippen molar-refractivity contribution in [2.75, 3.05) is 13.1 Å². The molecule has 1 aromatic carbocycles. The van der Waals surface area contributed by atoms with Gasteiger partial charge in [0.25, 0.3) is 0 Å². The molecule has 2 saturated heterocycles. The number of hydrogen-bond acceptors (Lipinski definition) is 6. The van der Waals surface area contributed by atoms with Gasteiger partial charge in [-0.15, -0.1) is 0 Å². The topological polar surface area (TPSA) is 60.4 Å². The maximum absolute atomic E-state index is 10.5. The first-order valence-electron chi connectivity index (χ1n) is 13.7. The summed E-state index contributed by atoms with van der Waals surface area (Å²) in [7, 11) is 0. The van der Waals surface area contributed by atoms with E-state index >= 15 is 0 Å². The lowest BCUT2D eigenvalue weighted by Crippen LogP contribution is -2.58. The van der Waals surface area contributed by atoms with Crippen LogP contribution < -0.4 is 0 Å². The second kappa shape index (κ2) is 10.1. The molecule has 0 radical (unpaired) electrons. The fraction of sp³-hybridized carbons (Fsp3) is 0.786. The molecule has 2 spiro atoms. The van der Waals surface area contributed by atoms with Gasteiger partial charge in [-0.25, -0.2) is 0 Å². The van der Waals surface area contributed by atoms with E-state index < -0.39 is 11.6 Å². The maximum Gasteiger partial charge on any atom is 0.237 e. The van der Waals surface area contributed by atoms with Gasteiger partial charge in [-0.2, -0.15) is 19.6 Å². The Balaban J connectivity index is 1.20. The lowest BCUT2D eigenvalue weighted by Gasteiger charge is -2.51. The smallest absolute Gasteiger partial charge is 0.237 e. The number of likely N-dealkylation sites (tertiary alicyclic amines) is 1. The fourth-order valence-electron chi connectivity index (χ4n) is 6.68. The summed E-state index contributed by atoms with van der Waals surface area (Å²) in [4.78, 5) is 26.8. The summed E-state index contributed by atoms with van der Waals surface area (Å²) >= 11 is 0. The molecule has 4 aliphatic rings. The van der Waals surface area contributed by atoms with Gasteiger partial charge >= 0.3 is 0 Å². The lowest BCUT2D eigenvalue weighted by atomic mass is 9.73. The minimum absolute atomic E-state index is 0.271. The number of piperidine rings is 1. The maximum atomic E-state index is 10.5. The van der Waals surface area contributed by atoms with Gasteiger partial charge in [0.1, 0.15) is 5.75 Å². The molecule has 2 saturated carbocycles. The molecule has 2 heterocycles. The van der Waals surface area contributed by atoms with E-state index in [0.29, 0.717) is 23.5 Å². The van der Waals surface area contributed by atoms with Crippen molar-refractivity contribution in [1.29, 1.82) is 0 Å². The zero-order valence-electron chi connectivity index (χ0n) is 21.3. The predicted octanol–water partition coefficient (Wildman–Crippen LogP) is 6.43. The van der Waals surface area contributed by atoms with E-state index in [1.165, 1.54) is 31.2 Å². The Morgan fingerprint density at radius 1 is 0.971 bits per heavy atom. The molecule has 6 heteroatoms. The van der Waals surface area contributed by atoms with Crippen LogP contribution in [0.1, 0.15) is 102 Å². The summed E-state index contributed by atoms with van der Waals surface area (Å²) in [5, 5.41) is 10.5. The van der Waals surface area contributed by atoms with Gasteiger partial charge in [-0.3, -0.25) is 4.90 Å². The summed E-state index contributed by atoms with van der Waals surface area (Å²) in [5.41, 5.74) is 2.35. The molecule has 0 bridgehead atoms. The number of nitrogens with zero attached hydrogens (tertiary/aromatic N) is 1. The standard InChI is InChI=1S/C28H43NO5/c1-20(2)25-9-7-21(3)18-28(25)33-31-27(32-34-28)13-11-22(12-14-27)23-8-10-26(30)24(17-23)19-29-15-5-4-6-16-29/h8,10,17,20-22,25,30H,4-7,9,11-16,18-19H2,1-3H3/t21-,22?,25+,27?,28?/m1/s1. The van der Waals surface area contributed by atoms with Crippen LogP contribution in [-0.4, -0.2) is 34.7 Å². The van der Waals surface area contributed by atoms with Crippen LogP contribution in [-0.2, 0) is 26.1 Å². The number of phenols is 1. The molecule has 2 aliphatic heterocycles. The summed E-state index contributed by atoms with van der Waals surface area (Å²) < 4.78 is 0. The largest absolute Gasteiger partial charge is 0.508 e. The molecule has 0 aromatic heterocycles. The van der Waals surface area contributed by atoms with Crippen LogP contribution in [0.5, 0.6) is 5.75 Å². The highest BCUT2D eigenvalue weighted by Crippen LogP contribution is 2.51. The molecular weight excluding hydrogens is 430 g/mol. The number of aromatic hydroxyl groups is 1. The first kappa shape index (κ1) is 24.5. The van der Waals surface area contributed by atoms with Crippen molar-refractivity contribution in [2.45, 2.75) is 109 Å². The van der Waals surface area contributed by atoms with Crippen molar-refractivity contribution < 1.29 is 24.7 Å². The molecule has 2 aliphatic carbocycles. The third-order valence-corrected chi connectivity index (χ3v) is 8.81. The highest BCUT2D eigenvalue weighted by Gasteiger charge is 2.56. The van der Waals surface area contributed by atoms with E-state index in [-0.39, 0.29) is 5.92 Å². The third kappa shape index (κ3) is 5.03. The molecule has 2 atom stereocenters. The number of hydrogen-bond donors (Lipinski definition) is 1. The van der Waals surface area contributed by atoms with Crippen molar-refractivity contribution in [3.63, 3.8) is 0 Å². The predicted molar refractivity (Wildman–Crippen MR) is 130 cm³/mol. The third-order valence-electron chi connectivity index (χ3n) is 8.81. The Kier molecular flexibility index (Phi) is 7.25. The first-order chi connectivity index (χ1) is 16.4. The molecule has 34 heavy (non-hydrogen) atoms. The minimum Gasteiger partial charge on any atom is -0.508 e. The fourth-order valence-corrected chi connectivity index (χ4v) is 6.68. The number of phenolic OH excluding ortho intramolecular Hbond substituents is 1. The molecular formula is C28H43NO5. The van der Waals surface area contributed by atoms with Crippen LogP contribution in [0, 0.1) is 17.8 Å². The van der Waals surface area contributed by atoms with E-state index in [0.717, 1.165) is 63.7 Å². The van der Waals surface area contributed by atoms with Gasteiger partial charge in [0.15, 0.2) is 0 Å². The monoisotopic (exact) mass is 473 g/mol. The molecule has 1 N–H and O–H groups in total. The Morgan fingerprint density at radius 2 is 1.68 bits per heavy atom. The molecule has 5 rings (SSSR count). The quantitative estimate of drug-likeness (QED) is 0.509. The first-order valence-corrected chi connectivity index (χ1v) is 13.7. The van der Waals surface area contributed by atoms with Gasteiger partial charge in [-0.05, 0) is 74.6 Å². The number of benzene rings is 1. The van der Waals surface area contributed by atoms with Crippen molar-refractivity contribution in [3.05, 3.63) is 29.3 Å². The second-order valence-corrected chi connectivity index (χ2v) is 11.8. The van der Waals surface area contributed by atoms with Crippen molar-refractivity contribution in [1.82, 2.24) is 4.90 Å². The molecule has 1 aromatic rings. The van der Waals surface area contributed by atoms with Crippen LogP contribution in [0.3, 0.4) is 0 Å². The van der Waals surface area contributed by atoms with E-state index in [1.807, 2.05) is 6.07 Å². The van der Waals surface area contributed by atoms with E-state index in [1.54, 1.807) is 0 Å². The van der Waals surface area contributed by atoms with Crippen molar-refractivity contribution >= 4 is 0 Å². The van der Waals surface area contributed by atoms with E-state index in [9.17, 15) is 5.11 Å². The molecule has 0 unspecified atom stereocenters. The van der Waals surface area contributed by atoms with Crippen LogP contribution in [0.2, 0.25) is 0 Å². The van der Waals surface area contributed by atoms with Crippen LogP contribution >= 0.6 is 0 Å². The zero-order chi connectivity index (χ0) is 23.8. The zero-order valence-corrected chi connectivity index (χ0v) is 21.3. The van der Waals surface area contributed by atoms with Gasteiger partial charge in [-0.1, -0.05) is 45.7 Å². The Hall–Kier alpha value is -1.18. The summed E-state index contributed by atoms with van der Waals surface area (Å²) in [6, 6.07) is 6.17. The molecule has 0 amide bonds. The van der Waals surface area contributed by atoms with Gasteiger partial charge in [0.2, 0.25) is 11.6 Å². The lowest BCUT2D eigenvalue weighted by molar-refractivity contribution is -0.671. The van der Waals surface area contributed by atoms with Crippen molar-refractivity contribution in [3.8, 4) is 5.75 Å². The Labute approximate surface area is 204 Å². The summed E-state index contributed by atoms with van der Waals surface area (Å²) in [6.45, 7) is 9.79. The van der Waals surface area contributed by atoms with E-state index in [4.69, 9.17) is 19.6 Å². The van der Waals surface area contributed by atoms with E-state index in [2.05, 4.69) is 37.8 Å². The normalized spacial score (nSPS) is 37.5. The minimum atomic E-state index is -0.808. The van der Waals surface area contributed by atoms with Crippen LogP contribution in [0.4, 0.5) is 0 Å². The molecule has 6 nitrogen and oxygen atoms in total. The SMILES string of the molecule is CC(C)[C@@H]1CC[C@@H](C)CC12OOC1(CCC(c3ccc(O)c(CN4CCCCC4)c3)CC1)OO2. The Bertz CT molecular complexity index is 818. The summed E-state index contributed by atoms with van der Waals surface area (Å²) in [5.74, 6) is 0.485.